The van der Waals surface area contributed by atoms with Crippen molar-refractivity contribution in [3.8, 4) is 11.3 Å². The van der Waals surface area contributed by atoms with Crippen molar-refractivity contribution in [2.24, 2.45) is 5.92 Å². The van der Waals surface area contributed by atoms with Gasteiger partial charge in [0.2, 0.25) is 0 Å². The van der Waals surface area contributed by atoms with Crippen molar-refractivity contribution < 1.29 is 9.21 Å². The van der Waals surface area contributed by atoms with Gasteiger partial charge in [-0.15, -0.1) is 0 Å². The third-order valence-corrected chi connectivity index (χ3v) is 5.99. The summed E-state index contributed by atoms with van der Waals surface area (Å²) in [7, 11) is 0. The zero-order valence-electron chi connectivity index (χ0n) is 17.4. The second kappa shape index (κ2) is 7.51. The van der Waals surface area contributed by atoms with Crippen LogP contribution in [0.2, 0.25) is 0 Å². The molecule has 3 aromatic rings. The number of carbonyl (C=O) groups excluding carboxylic acids is 1. The van der Waals surface area contributed by atoms with Crippen LogP contribution in [0, 0.1) is 12.8 Å². The zero-order chi connectivity index (χ0) is 20.7. The molecule has 0 saturated heterocycles. The van der Waals surface area contributed by atoms with Gasteiger partial charge in [0.1, 0.15) is 5.76 Å². The Hall–Kier alpha value is -2.88. The van der Waals surface area contributed by atoms with Crippen LogP contribution < -0.4 is 5.43 Å². The van der Waals surface area contributed by atoms with Gasteiger partial charge in [0.05, 0.1) is 10.9 Å². The van der Waals surface area contributed by atoms with Gasteiger partial charge in [0.15, 0.2) is 11.0 Å². The molecule has 1 aromatic heterocycles. The van der Waals surface area contributed by atoms with Crippen LogP contribution in [0.15, 0.2) is 57.7 Å². The molecule has 0 bridgehead atoms. The maximum atomic E-state index is 13.6. The highest BCUT2D eigenvalue weighted by Crippen LogP contribution is 2.34. The van der Waals surface area contributed by atoms with E-state index in [9.17, 15) is 9.59 Å². The van der Waals surface area contributed by atoms with E-state index in [-0.39, 0.29) is 23.4 Å². The number of benzene rings is 2. The molecule has 0 radical (unpaired) electrons. The maximum Gasteiger partial charge on any atom is 0.258 e. The predicted octanol–water partition coefficient (Wildman–Crippen LogP) is 5.42. The van der Waals surface area contributed by atoms with Crippen molar-refractivity contribution in [3.63, 3.8) is 0 Å². The minimum atomic E-state index is -0.0883. The molecule has 1 fully saturated rings. The number of hydrogen-bond donors (Lipinski definition) is 0. The number of rotatable bonds is 5. The van der Waals surface area contributed by atoms with Gasteiger partial charge in [0, 0.05) is 23.2 Å². The molecule has 1 aliphatic rings. The lowest BCUT2D eigenvalue weighted by molar-refractivity contribution is 0.0628. The summed E-state index contributed by atoms with van der Waals surface area (Å²) in [6, 6.07) is 15.3. The molecule has 1 atom stereocenters. The number of amides is 1. The van der Waals surface area contributed by atoms with Gasteiger partial charge < -0.3 is 9.32 Å². The second-order valence-electron chi connectivity index (χ2n) is 8.36. The van der Waals surface area contributed by atoms with Crippen LogP contribution in [0.1, 0.15) is 49.5 Å². The summed E-state index contributed by atoms with van der Waals surface area (Å²) in [6.07, 6.45) is 2.07. The van der Waals surface area contributed by atoms with Crippen molar-refractivity contribution in [1.82, 2.24) is 4.90 Å². The summed E-state index contributed by atoms with van der Waals surface area (Å²) >= 11 is 0. The molecule has 1 amide bonds. The van der Waals surface area contributed by atoms with Gasteiger partial charge in [-0.2, -0.15) is 0 Å². The van der Waals surface area contributed by atoms with E-state index in [1.807, 2.05) is 35.2 Å². The van der Waals surface area contributed by atoms with E-state index in [2.05, 4.69) is 20.8 Å². The second-order valence-corrected chi connectivity index (χ2v) is 8.36. The lowest BCUT2D eigenvalue weighted by atomic mass is 10.0. The van der Waals surface area contributed by atoms with Crippen LogP contribution in [-0.2, 0) is 0 Å². The first-order valence-corrected chi connectivity index (χ1v) is 10.3. The molecule has 0 spiro atoms. The number of fused-ring (bicyclic) bond motifs is 1. The van der Waals surface area contributed by atoms with Gasteiger partial charge >= 0.3 is 0 Å². The molecule has 2 aromatic carbocycles. The maximum absolute atomic E-state index is 13.6. The van der Waals surface area contributed by atoms with Crippen molar-refractivity contribution in [3.05, 3.63) is 69.9 Å². The molecule has 1 saturated carbocycles. The van der Waals surface area contributed by atoms with E-state index in [0.717, 1.165) is 18.4 Å². The number of carbonyl (C=O) groups is 1. The standard InChI is InChI=1S/C25H27NO3/c1-15(2)17(4)26(19-13-14-19)25(28)21-12-8-11-20-22(27)16(3)23(29-24(20)21)18-9-6-5-7-10-18/h5-12,15,17,19H,13-14H2,1-4H3. The van der Waals surface area contributed by atoms with Gasteiger partial charge in [0.25, 0.3) is 5.91 Å². The normalized spacial score (nSPS) is 14.9. The summed E-state index contributed by atoms with van der Waals surface area (Å²) < 4.78 is 6.25. The van der Waals surface area contributed by atoms with Crippen molar-refractivity contribution in [2.75, 3.05) is 0 Å². The van der Waals surface area contributed by atoms with E-state index in [0.29, 0.717) is 33.8 Å². The highest BCUT2D eigenvalue weighted by atomic mass is 16.3. The Morgan fingerprint density at radius 3 is 2.34 bits per heavy atom. The average Bonchev–Trinajstić information content (AvgIpc) is 3.55. The molecule has 150 valence electrons. The number of hydrogen-bond acceptors (Lipinski definition) is 3. The van der Waals surface area contributed by atoms with Gasteiger partial charge in [-0.25, -0.2) is 0 Å². The molecular formula is C25H27NO3. The smallest absolute Gasteiger partial charge is 0.258 e. The molecule has 0 aliphatic heterocycles. The van der Waals surface area contributed by atoms with Gasteiger partial charge in [-0.3, -0.25) is 9.59 Å². The molecule has 1 heterocycles. The minimum absolute atomic E-state index is 0.0506. The van der Waals surface area contributed by atoms with Crippen LogP contribution in [0.3, 0.4) is 0 Å². The first-order valence-electron chi connectivity index (χ1n) is 10.3. The fraction of sp³-hybridized carbons (Fsp3) is 0.360. The highest BCUT2D eigenvalue weighted by molar-refractivity contribution is 6.05. The Kier molecular flexibility index (Phi) is 5.03. The van der Waals surface area contributed by atoms with E-state index in [1.165, 1.54) is 0 Å². The lowest BCUT2D eigenvalue weighted by Crippen LogP contribution is -2.43. The topological polar surface area (TPSA) is 50.5 Å². The van der Waals surface area contributed by atoms with Crippen LogP contribution in [0.25, 0.3) is 22.3 Å². The van der Waals surface area contributed by atoms with Crippen molar-refractivity contribution in [1.29, 1.82) is 0 Å². The monoisotopic (exact) mass is 389 g/mol. The Labute approximate surface area is 171 Å². The van der Waals surface area contributed by atoms with Crippen LogP contribution in [-0.4, -0.2) is 22.9 Å². The molecule has 1 unspecified atom stereocenters. The molecule has 1 aliphatic carbocycles. The fourth-order valence-electron chi connectivity index (χ4n) is 3.84. The van der Waals surface area contributed by atoms with Gasteiger partial charge in [-0.1, -0.05) is 50.2 Å². The lowest BCUT2D eigenvalue weighted by Gasteiger charge is -2.32. The number of nitrogens with zero attached hydrogens (tertiary/aromatic N) is 1. The zero-order valence-corrected chi connectivity index (χ0v) is 17.4. The van der Waals surface area contributed by atoms with Gasteiger partial charge in [-0.05, 0) is 44.7 Å². The predicted molar refractivity (Wildman–Crippen MR) is 116 cm³/mol. The van der Waals surface area contributed by atoms with Crippen molar-refractivity contribution >= 4 is 16.9 Å². The first kappa shape index (κ1) is 19.4. The number of para-hydroxylation sites is 1. The highest BCUT2D eigenvalue weighted by Gasteiger charge is 2.38. The summed E-state index contributed by atoms with van der Waals surface area (Å²) in [5.74, 6) is 0.826. The minimum Gasteiger partial charge on any atom is -0.455 e. The quantitative estimate of drug-likeness (QED) is 0.586. The fourth-order valence-corrected chi connectivity index (χ4v) is 3.84. The summed E-state index contributed by atoms with van der Waals surface area (Å²) in [5, 5.41) is 0.459. The summed E-state index contributed by atoms with van der Waals surface area (Å²) in [6.45, 7) is 8.14. The summed E-state index contributed by atoms with van der Waals surface area (Å²) in [4.78, 5) is 28.7. The molecule has 4 nitrogen and oxygen atoms in total. The third kappa shape index (κ3) is 3.48. The largest absolute Gasteiger partial charge is 0.455 e. The summed E-state index contributed by atoms with van der Waals surface area (Å²) in [5.41, 5.74) is 2.16. The van der Waals surface area contributed by atoms with E-state index in [1.54, 1.807) is 25.1 Å². The molecule has 4 heteroatoms. The molecule has 4 rings (SSSR count). The van der Waals surface area contributed by atoms with Crippen LogP contribution in [0.4, 0.5) is 0 Å². The Balaban J connectivity index is 1.90. The van der Waals surface area contributed by atoms with Crippen LogP contribution in [0.5, 0.6) is 0 Å². The molecule has 0 N–H and O–H groups in total. The SMILES string of the molecule is Cc1c(-c2ccccc2)oc2c(C(=O)N(C3CC3)C(C)C(C)C)cccc2c1=O. The molecular weight excluding hydrogens is 362 g/mol. The Morgan fingerprint density at radius 2 is 1.72 bits per heavy atom. The van der Waals surface area contributed by atoms with E-state index < -0.39 is 0 Å². The van der Waals surface area contributed by atoms with E-state index >= 15 is 0 Å². The molecule has 29 heavy (non-hydrogen) atoms. The van der Waals surface area contributed by atoms with Crippen molar-refractivity contribution in [2.45, 2.75) is 52.6 Å². The Bertz CT molecular complexity index is 1110. The average molecular weight is 389 g/mol. The first-order chi connectivity index (χ1) is 13.9. The Morgan fingerprint density at radius 1 is 1.03 bits per heavy atom. The third-order valence-electron chi connectivity index (χ3n) is 5.99. The van der Waals surface area contributed by atoms with Crippen LogP contribution >= 0.6 is 0 Å². The van der Waals surface area contributed by atoms with E-state index in [4.69, 9.17) is 4.42 Å².